The van der Waals surface area contributed by atoms with Gasteiger partial charge in [0.1, 0.15) is 24.7 Å². The number of carbonyl (C=O) groups excluding carboxylic acids is 2. The van der Waals surface area contributed by atoms with Gasteiger partial charge in [-0.3, -0.25) is 4.79 Å². The summed E-state index contributed by atoms with van der Waals surface area (Å²) < 4.78 is 13.3. The van der Waals surface area contributed by atoms with E-state index in [1.165, 1.54) is 31.4 Å². The normalized spacial score (nSPS) is 11.9. The summed E-state index contributed by atoms with van der Waals surface area (Å²) in [6.07, 6.45) is 2.00. The van der Waals surface area contributed by atoms with Gasteiger partial charge in [0.05, 0.1) is 0 Å². The monoisotopic (exact) mass is 307 g/mol. The van der Waals surface area contributed by atoms with Gasteiger partial charge in [-0.2, -0.15) is 0 Å². The fraction of sp³-hybridized carbons (Fsp3) is 0.214. The number of urea groups is 1. The van der Waals surface area contributed by atoms with Crippen LogP contribution in [0, 0.1) is 5.82 Å². The molecule has 1 heterocycles. The number of likely N-dealkylation sites (N-methyl/N-ethyl adjacent to an activating group) is 1. The predicted molar refractivity (Wildman–Crippen MR) is 75.9 cm³/mol. The number of carboxylic acids is 1. The van der Waals surface area contributed by atoms with Crippen molar-refractivity contribution in [2.45, 2.75) is 6.04 Å². The second-order valence-electron chi connectivity index (χ2n) is 4.75. The molecule has 2 rings (SSSR count). The fourth-order valence-electron chi connectivity index (χ4n) is 2.07. The Morgan fingerprint density at radius 3 is 2.86 bits per heavy atom. The third-order valence-corrected chi connectivity index (χ3v) is 3.15. The molecule has 1 aromatic heterocycles. The lowest BCUT2D eigenvalue weighted by Crippen LogP contribution is -2.42. The van der Waals surface area contributed by atoms with Crippen molar-refractivity contribution in [1.82, 2.24) is 15.2 Å². The molecule has 116 valence electrons. The number of fused-ring (bicyclic) bond motifs is 1. The SMILES string of the molecule is CN(CC(=O)O)C(=O)NC(C=O)c1c[nH]c2ccc(F)cc12. The van der Waals surface area contributed by atoms with Crippen molar-refractivity contribution in [3.8, 4) is 0 Å². The van der Waals surface area contributed by atoms with Crippen LogP contribution < -0.4 is 5.32 Å². The summed E-state index contributed by atoms with van der Waals surface area (Å²) in [4.78, 5) is 37.5. The van der Waals surface area contributed by atoms with Crippen LogP contribution in [-0.4, -0.2) is 46.9 Å². The van der Waals surface area contributed by atoms with Crippen LogP contribution in [-0.2, 0) is 9.59 Å². The van der Waals surface area contributed by atoms with E-state index in [0.29, 0.717) is 22.8 Å². The van der Waals surface area contributed by atoms with E-state index in [0.717, 1.165) is 4.90 Å². The molecular weight excluding hydrogens is 293 g/mol. The van der Waals surface area contributed by atoms with E-state index in [1.54, 1.807) is 0 Å². The topological polar surface area (TPSA) is 102 Å². The fourth-order valence-corrected chi connectivity index (χ4v) is 2.07. The zero-order chi connectivity index (χ0) is 16.3. The molecule has 2 amide bonds. The number of rotatable bonds is 5. The van der Waals surface area contributed by atoms with E-state index in [-0.39, 0.29) is 0 Å². The van der Waals surface area contributed by atoms with Gasteiger partial charge in [0.15, 0.2) is 0 Å². The van der Waals surface area contributed by atoms with E-state index in [1.807, 2.05) is 0 Å². The maximum Gasteiger partial charge on any atom is 0.323 e. The van der Waals surface area contributed by atoms with Crippen LogP contribution in [0.2, 0.25) is 0 Å². The number of carboxylic acid groups (broad SMARTS) is 1. The molecule has 0 saturated carbocycles. The largest absolute Gasteiger partial charge is 0.480 e. The Balaban J connectivity index is 2.23. The number of hydrogen-bond acceptors (Lipinski definition) is 3. The number of amides is 2. The highest BCUT2D eigenvalue weighted by molar-refractivity contribution is 5.89. The molecule has 0 aliphatic rings. The zero-order valence-corrected chi connectivity index (χ0v) is 11.7. The molecule has 22 heavy (non-hydrogen) atoms. The van der Waals surface area contributed by atoms with E-state index in [4.69, 9.17) is 5.11 Å². The van der Waals surface area contributed by atoms with E-state index >= 15 is 0 Å². The summed E-state index contributed by atoms with van der Waals surface area (Å²) in [5, 5.41) is 11.5. The van der Waals surface area contributed by atoms with Crippen LogP contribution >= 0.6 is 0 Å². The number of halogens is 1. The molecule has 7 nitrogen and oxygen atoms in total. The number of nitrogens with zero attached hydrogens (tertiary/aromatic N) is 1. The first-order valence-electron chi connectivity index (χ1n) is 6.37. The molecule has 0 bridgehead atoms. The van der Waals surface area contributed by atoms with Crippen LogP contribution in [0.5, 0.6) is 0 Å². The minimum Gasteiger partial charge on any atom is -0.480 e. The summed E-state index contributed by atoms with van der Waals surface area (Å²) in [6.45, 7) is -0.500. The van der Waals surface area contributed by atoms with Crippen molar-refractivity contribution in [1.29, 1.82) is 0 Å². The van der Waals surface area contributed by atoms with Crippen molar-refractivity contribution >= 4 is 29.2 Å². The number of carbonyl (C=O) groups is 3. The molecule has 1 unspecified atom stereocenters. The maximum absolute atomic E-state index is 13.3. The smallest absolute Gasteiger partial charge is 0.323 e. The van der Waals surface area contributed by atoms with Gasteiger partial charge in [-0.25, -0.2) is 9.18 Å². The third kappa shape index (κ3) is 3.22. The van der Waals surface area contributed by atoms with Gasteiger partial charge in [-0.15, -0.1) is 0 Å². The number of hydrogen-bond donors (Lipinski definition) is 3. The third-order valence-electron chi connectivity index (χ3n) is 3.15. The molecular formula is C14H14FN3O4. The minimum atomic E-state index is -1.17. The van der Waals surface area contributed by atoms with Crippen LogP contribution in [0.1, 0.15) is 11.6 Å². The van der Waals surface area contributed by atoms with Gasteiger partial charge >= 0.3 is 12.0 Å². The van der Waals surface area contributed by atoms with Crippen molar-refractivity contribution in [2.75, 3.05) is 13.6 Å². The standard InChI is InChI=1S/C14H14FN3O4/c1-18(6-13(20)21)14(22)17-12(7-19)10-5-16-11-3-2-8(15)4-9(10)11/h2-5,7,12,16H,6H2,1H3,(H,17,22)(H,20,21). The first kappa shape index (κ1) is 15.5. The second kappa shape index (κ2) is 6.25. The number of aromatic nitrogens is 1. The Labute approximate surface area is 124 Å². The lowest BCUT2D eigenvalue weighted by molar-refractivity contribution is -0.137. The predicted octanol–water partition coefficient (Wildman–Crippen LogP) is 1.27. The molecule has 8 heteroatoms. The molecule has 0 radical (unpaired) electrons. The zero-order valence-electron chi connectivity index (χ0n) is 11.7. The summed E-state index contributed by atoms with van der Waals surface area (Å²) in [6, 6.07) is 2.32. The van der Waals surface area contributed by atoms with Crippen LogP contribution in [0.25, 0.3) is 10.9 Å². The molecule has 0 aliphatic carbocycles. The number of benzene rings is 1. The highest BCUT2D eigenvalue weighted by atomic mass is 19.1. The minimum absolute atomic E-state index is 0.404. The van der Waals surface area contributed by atoms with E-state index in [2.05, 4.69) is 10.3 Å². The molecule has 3 N–H and O–H groups in total. The lowest BCUT2D eigenvalue weighted by atomic mass is 10.1. The van der Waals surface area contributed by atoms with Gasteiger partial charge in [0, 0.05) is 29.7 Å². The van der Waals surface area contributed by atoms with Crippen LogP contribution in [0.3, 0.4) is 0 Å². The molecule has 0 spiro atoms. The average Bonchev–Trinajstić information content (AvgIpc) is 2.86. The Hall–Kier alpha value is -2.90. The molecule has 0 fully saturated rings. The highest BCUT2D eigenvalue weighted by Crippen LogP contribution is 2.24. The van der Waals surface area contributed by atoms with Gasteiger partial charge in [0.25, 0.3) is 0 Å². The van der Waals surface area contributed by atoms with Crippen molar-refractivity contribution in [2.24, 2.45) is 0 Å². The van der Waals surface area contributed by atoms with Gasteiger partial charge < -0.3 is 25.1 Å². The van der Waals surface area contributed by atoms with Crippen molar-refractivity contribution in [3.63, 3.8) is 0 Å². The Kier molecular flexibility index (Phi) is 4.40. The summed E-state index contributed by atoms with van der Waals surface area (Å²) in [5.74, 6) is -1.64. The number of nitrogens with one attached hydrogen (secondary N) is 2. The van der Waals surface area contributed by atoms with E-state index in [9.17, 15) is 18.8 Å². The van der Waals surface area contributed by atoms with E-state index < -0.39 is 30.4 Å². The molecule has 1 aromatic carbocycles. The first-order valence-corrected chi connectivity index (χ1v) is 6.37. The summed E-state index contributed by atoms with van der Waals surface area (Å²) in [7, 11) is 1.29. The summed E-state index contributed by atoms with van der Waals surface area (Å²) >= 11 is 0. The quantitative estimate of drug-likeness (QED) is 0.724. The molecule has 2 aromatic rings. The Bertz CT molecular complexity index is 728. The molecule has 1 atom stereocenters. The Morgan fingerprint density at radius 2 is 2.23 bits per heavy atom. The van der Waals surface area contributed by atoms with Gasteiger partial charge in [0.2, 0.25) is 0 Å². The van der Waals surface area contributed by atoms with Crippen LogP contribution in [0.4, 0.5) is 9.18 Å². The first-order chi connectivity index (χ1) is 10.4. The lowest BCUT2D eigenvalue weighted by Gasteiger charge is -2.19. The van der Waals surface area contributed by atoms with Gasteiger partial charge in [-0.1, -0.05) is 0 Å². The number of H-pyrrole nitrogens is 1. The number of aldehydes is 1. The number of aliphatic carboxylic acids is 1. The summed E-state index contributed by atoms with van der Waals surface area (Å²) in [5.41, 5.74) is 1.03. The molecule has 0 aliphatic heterocycles. The van der Waals surface area contributed by atoms with Crippen molar-refractivity contribution < 1.29 is 23.9 Å². The average molecular weight is 307 g/mol. The van der Waals surface area contributed by atoms with Crippen LogP contribution in [0.15, 0.2) is 24.4 Å². The molecule has 0 saturated heterocycles. The maximum atomic E-state index is 13.3. The highest BCUT2D eigenvalue weighted by Gasteiger charge is 2.20. The van der Waals surface area contributed by atoms with Gasteiger partial charge in [-0.05, 0) is 18.2 Å². The van der Waals surface area contributed by atoms with Crippen molar-refractivity contribution in [3.05, 3.63) is 35.8 Å². The second-order valence-corrected chi connectivity index (χ2v) is 4.75. The number of aromatic amines is 1. The Morgan fingerprint density at radius 1 is 1.50 bits per heavy atom.